The van der Waals surface area contributed by atoms with Crippen LogP contribution in [0.2, 0.25) is 0 Å². The summed E-state index contributed by atoms with van der Waals surface area (Å²) in [6, 6.07) is 10.7. The second-order valence-electron chi connectivity index (χ2n) is 6.07. The number of nitrogens with one attached hydrogen (secondary N) is 3. The first kappa shape index (κ1) is 19.4. The Kier molecular flexibility index (Phi) is 5.95. The molecule has 1 heterocycles. The molecule has 2 aromatic carbocycles. The number of nitrogens with zero attached hydrogens (tertiary/aromatic N) is 2. The zero-order chi connectivity index (χ0) is 20.1. The SMILES string of the molecule is Cc1ccc(NC(=O)NCc2nnc(C(=O)Nc3ccc(F)cc3)s2)cc1C. The van der Waals surface area contributed by atoms with E-state index < -0.39 is 5.91 Å². The molecular formula is C19H18FN5O2S. The van der Waals surface area contributed by atoms with E-state index >= 15 is 0 Å². The van der Waals surface area contributed by atoms with Gasteiger partial charge in [-0.3, -0.25) is 4.79 Å². The minimum atomic E-state index is -0.449. The molecule has 9 heteroatoms. The summed E-state index contributed by atoms with van der Waals surface area (Å²) in [6.07, 6.45) is 0. The van der Waals surface area contributed by atoms with E-state index in [0.29, 0.717) is 16.4 Å². The van der Waals surface area contributed by atoms with Gasteiger partial charge in [0.15, 0.2) is 0 Å². The Morgan fingerprint density at radius 3 is 2.39 bits per heavy atom. The minimum Gasteiger partial charge on any atom is -0.331 e. The third-order valence-corrected chi connectivity index (χ3v) is 4.85. The van der Waals surface area contributed by atoms with Crippen molar-refractivity contribution >= 4 is 34.6 Å². The van der Waals surface area contributed by atoms with Crippen molar-refractivity contribution in [2.24, 2.45) is 0 Å². The Bertz CT molecular complexity index is 1000. The molecule has 0 saturated heterocycles. The van der Waals surface area contributed by atoms with Crippen LogP contribution in [0.4, 0.5) is 20.6 Å². The first-order valence-corrected chi connectivity index (χ1v) is 9.24. The van der Waals surface area contributed by atoms with Crippen molar-refractivity contribution in [3.63, 3.8) is 0 Å². The number of benzene rings is 2. The Labute approximate surface area is 165 Å². The zero-order valence-electron chi connectivity index (χ0n) is 15.2. The topological polar surface area (TPSA) is 96.0 Å². The number of carbonyl (C=O) groups is 2. The largest absolute Gasteiger partial charge is 0.331 e. The molecule has 3 amide bonds. The Morgan fingerprint density at radius 2 is 1.68 bits per heavy atom. The molecule has 0 radical (unpaired) electrons. The summed E-state index contributed by atoms with van der Waals surface area (Å²) in [5.74, 6) is -0.837. The quantitative estimate of drug-likeness (QED) is 0.607. The summed E-state index contributed by atoms with van der Waals surface area (Å²) in [5, 5.41) is 16.4. The normalized spacial score (nSPS) is 10.4. The zero-order valence-corrected chi connectivity index (χ0v) is 16.1. The number of halogens is 1. The van der Waals surface area contributed by atoms with Crippen molar-refractivity contribution in [2.75, 3.05) is 10.6 Å². The molecule has 3 N–H and O–H groups in total. The summed E-state index contributed by atoms with van der Waals surface area (Å²) in [6.45, 7) is 4.11. The van der Waals surface area contributed by atoms with Gasteiger partial charge >= 0.3 is 6.03 Å². The van der Waals surface area contributed by atoms with Crippen LogP contribution in [0.1, 0.15) is 25.9 Å². The van der Waals surface area contributed by atoms with Crippen LogP contribution >= 0.6 is 11.3 Å². The molecule has 7 nitrogen and oxygen atoms in total. The van der Waals surface area contributed by atoms with Crippen LogP contribution in [0, 0.1) is 19.7 Å². The third-order valence-electron chi connectivity index (χ3n) is 3.93. The molecule has 0 saturated carbocycles. The number of aryl methyl sites for hydroxylation is 2. The van der Waals surface area contributed by atoms with Gasteiger partial charge in [0.2, 0.25) is 5.01 Å². The summed E-state index contributed by atoms with van der Waals surface area (Å²) < 4.78 is 12.9. The molecule has 0 aliphatic rings. The Balaban J connectivity index is 1.52. The standard InChI is InChI=1S/C19H18FN5O2S/c1-11-3-6-15(9-12(11)2)23-19(27)21-10-16-24-25-18(28-16)17(26)22-14-7-4-13(20)5-8-14/h3-9H,10H2,1-2H3,(H,22,26)(H2,21,23,27). The first-order valence-electron chi connectivity index (χ1n) is 8.42. The average molecular weight is 399 g/mol. The second-order valence-corrected chi connectivity index (χ2v) is 7.13. The van der Waals surface area contributed by atoms with E-state index in [1.807, 2.05) is 32.0 Å². The number of anilines is 2. The number of aromatic nitrogens is 2. The lowest BCUT2D eigenvalue weighted by atomic mass is 10.1. The van der Waals surface area contributed by atoms with Crippen LogP contribution in [0.25, 0.3) is 0 Å². The molecule has 3 aromatic rings. The molecule has 28 heavy (non-hydrogen) atoms. The molecule has 3 rings (SSSR count). The van der Waals surface area contributed by atoms with Gasteiger partial charge in [0.1, 0.15) is 10.8 Å². The second kappa shape index (κ2) is 8.57. The molecule has 0 fully saturated rings. The average Bonchev–Trinajstić information content (AvgIpc) is 3.14. The smallest absolute Gasteiger partial charge is 0.319 e. The van der Waals surface area contributed by atoms with Gasteiger partial charge in [-0.25, -0.2) is 9.18 Å². The third kappa shape index (κ3) is 5.10. The van der Waals surface area contributed by atoms with Gasteiger partial charge in [0, 0.05) is 11.4 Å². The molecule has 0 bridgehead atoms. The molecule has 0 unspecified atom stereocenters. The highest BCUT2D eigenvalue weighted by atomic mass is 32.1. The lowest BCUT2D eigenvalue weighted by Crippen LogP contribution is -2.28. The van der Waals surface area contributed by atoms with Crippen molar-refractivity contribution in [3.05, 3.63) is 69.4 Å². The van der Waals surface area contributed by atoms with Crippen LogP contribution in [0.5, 0.6) is 0 Å². The van der Waals surface area contributed by atoms with E-state index in [2.05, 4.69) is 26.1 Å². The minimum absolute atomic E-state index is 0.137. The fourth-order valence-electron chi connectivity index (χ4n) is 2.28. The van der Waals surface area contributed by atoms with Crippen LogP contribution in [-0.2, 0) is 6.54 Å². The van der Waals surface area contributed by atoms with Crippen molar-refractivity contribution in [1.29, 1.82) is 0 Å². The molecule has 0 atom stereocenters. The number of rotatable bonds is 5. The number of amides is 3. The molecule has 144 valence electrons. The van der Waals surface area contributed by atoms with Gasteiger partial charge < -0.3 is 16.0 Å². The van der Waals surface area contributed by atoms with E-state index in [0.717, 1.165) is 22.5 Å². The van der Waals surface area contributed by atoms with Gasteiger partial charge in [-0.15, -0.1) is 10.2 Å². The predicted octanol–water partition coefficient (Wildman–Crippen LogP) is 3.87. The van der Waals surface area contributed by atoms with Crippen LogP contribution in [0.15, 0.2) is 42.5 Å². The van der Waals surface area contributed by atoms with Gasteiger partial charge in [0.25, 0.3) is 5.91 Å². The molecular weight excluding hydrogens is 381 g/mol. The van der Waals surface area contributed by atoms with E-state index in [-0.39, 0.29) is 23.4 Å². The van der Waals surface area contributed by atoms with Crippen molar-refractivity contribution in [3.8, 4) is 0 Å². The van der Waals surface area contributed by atoms with Crippen LogP contribution < -0.4 is 16.0 Å². The Hall–Kier alpha value is -3.33. The van der Waals surface area contributed by atoms with Crippen molar-refractivity contribution in [2.45, 2.75) is 20.4 Å². The van der Waals surface area contributed by atoms with E-state index in [1.165, 1.54) is 24.3 Å². The van der Waals surface area contributed by atoms with Crippen LogP contribution in [-0.4, -0.2) is 22.1 Å². The van der Waals surface area contributed by atoms with Crippen molar-refractivity contribution in [1.82, 2.24) is 15.5 Å². The summed E-state index contributed by atoms with van der Waals surface area (Å²) >= 11 is 1.07. The molecule has 0 spiro atoms. The molecule has 1 aromatic heterocycles. The lowest BCUT2D eigenvalue weighted by molar-refractivity contribution is 0.102. The summed E-state index contributed by atoms with van der Waals surface area (Å²) in [5.41, 5.74) is 3.37. The number of hydrogen-bond donors (Lipinski definition) is 3. The highest BCUT2D eigenvalue weighted by Gasteiger charge is 2.14. The van der Waals surface area contributed by atoms with Gasteiger partial charge in [-0.1, -0.05) is 17.4 Å². The van der Waals surface area contributed by atoms with Gasteiger partial charge in [0.05, 0.1) is 6.54 Å². The monoisotopic (exact) mass is 399 g/mol. The van der Waals surface area contributed by atoms with Crippen LogP contribution in [0.3, 0.4) is 0 Å². The van der Waals surface area contributed by atoms with E-state index in [1.54, 1.807) is 0 Å². The number of carbonyl (C=O) groups excluding carboxylic acids is 2. The number of hydrogen-bond acceptors (Lipinski definition) is 5. The maximum atomic E-state index is 12.9. The van der Waals surface area contributed by atoms with E-state index in [4.69, 9.17) is 0 Å². The summed E-state index contributed by atoms with van der Waals surface area (Å²) in [4.78, 5) is 24.2. The maximum Gasteiger partial charge on any atom is 0.319 e. The highest BCUT2D eigenvalue weighted by molar-refractivity contribution is 7.13. The lowest BCUT2D eigenvalue weighted by Gasteiger charge is -2.08. The Morgan fingerprint density at radius 1 is 0.964 bits per heavy atom. The first-order chi connectivity index (χ1) is 13.4. The number of urea groups is 1. The fraction of sp³-hybridized carbons (Fsp3) is 0.158. The van der Waals surface area contributed by atoms with Gasteiger partial charge in [-0.2, -0.15) is 0 Å². The molecule has 0 aliphatic heterocycles. The van der Waals surface area contributed by atoms with E-state index in [9.17, 15) is 14.0 Å². The summed E-state index contributed by atoms with van der Waals surface area (Å²) in [7, 11) is 0. The van der Waals surface area contributed by atoms with Crippen molar-refractivity contribution < 1.29 is 14.0 Å². The van der Waals surface area contributed by atoms with Gasteiger partial charge in [-0.05, 0) is 61.4 Å². The molecule has 0 aliphatic carbocycles. The highest BCUT2D eigenvalue weighted by Crippen LogP contribution is 2.15. The fourth-order valence-corrected chi connectivity index (χ4v) is 2.96. The predicted molar refractivity (Wildman–Crippen MR) is 106 cm³/mol. The maximum absolute atomic E-state index is 12.9.